The number of benzene rings is 4. The summed E-state index contributed by atoms with van der Waals surface area (Å²) in [4.78, 5) is 19.2. The van der Waals surface area contributed by atoms with Gasteiger partial charge in [-0.05, 0) is 123 Å². The molecule has 272 valence electrons. The minimum absolute atomic E-state index is 0.00368. The number of nitrogens with one attached hydrogen (secondary N) is 1. The molecule has 5 rings (SSSR count). The number of rotatable bonds is 18. The molecule has 0 bridgehead atoms. The Labute approximate surface area is 304 Å². The summed E-state index contributed by atoms with van der Waals surface area (Å²) in [6, 6.07) is 33.3. The van der Waals surface area contributed by atoms with Gasteiger partial charge in [-0.3, -0.25) is 14.6 Å². The lowest BCUT2D eigenvalue weighted by molar-refractivity contribution is -0.136. The number of nitrogens with zero attached hydrogens (tertiary/aromatic N) is 2. The van der Waals surface area contributed by atoms with Crippen molar-refractivity contribution in [1.29, 1.82) is 0 Å². The number of piperidine rings is 1. The summed E-state index contributed by atoms with van der Waals surface area (Å²) < 4.78 is 22.0. The van der Waals surface area contributed by atoms with Gasteiger partial charge < -0.3 is 24.3 Å². The number of likely N-dealkylation sites (N-methyl/N-ethyl adjacent to an activating group) is 2. The molecular weight excluding hydrogens is 638 g/mol. The third-order valence-electron chi connectivity index (χ3n) is 10.6. The van der Waals surface area contributed by atoms with Crippen LogP contribution < -0.4 is 24.3 Å². The Kier molecular flexibility index (Phi) is 13.4. The molecule has 51 heavy (non-hydrogen) atoms. The maximum atomic E-state index is 14.4. The number of ether oxygens (including phenoxy) is 4. The van der Waals surface area contributed by atoms with Gasteiger partial charge in [-0.25, -0.2) is 0 Å². The van der Waals surface area contributed by atoms with E-state index >= 15 is 0 Å². The van der Waals surface area contributed by atoms with Crippen molar-refractivity contribution in [3.63, 3.8) is 0 Å². The monoisotopic (exact) mass is 693 g/mol. The van der Waals surface area contributed by atoms with E-state index in [1.54, 1.807) is 28.4 Å². The standard InChI is InChI=1S/C43H55N3O5/c1-45(26-22-32-10-7-12-38(28-32)50-5)40(34-14-18-36(48-3)19-15-34)30-43(24-9-25-44-42(43)47)31-41(35-16-20-37(49-4)21-17-35)46(2)27-23-33-11-8-13-39(29-33)51-6/h7-8,10-21,28-29,40-41H,9,22-27,30-31H2,1-6H3,(H,44,47). The van der Waals surface area contributed by atoms with E-state index in [-0.39, 0.29) is 18.0 Å². The molecule has 2 unspecified atom stereocenters. The fraction of sp³-hybridized carbons (Fsp3) is 0.419. The van der Waals surface area contributed by atoms with Crippen LogP contribution in [0.1, 0.15) is 60.0 Å². The summed E-state index contributed by atoms with van der Waals surface area (Å²) in [5.41, 5.74) is 4.19. The number of hydrogen-bond donors (Lipinski definition) is 1. The molecule has 1 N–H and O–H groups in total. The number of hydrogen-bond acceptors (Lipinski definition) is 7. The molecule has 0 radical (unpaired) electrons. The van der Waals surface area contributed by atoms with Crippen LogP contribution >= 0.6 is 0 Å². The predicted molar refractivity (Wildman–Crippen MR) is 204 cm³/mol. The zero-order valence-electron chi connectivity index (χ0n) is 31.2. The van der Waals surface area contributed by atoms with Crippen LogP contribution in [-0.2, 0) is 17.6 Å². The molecule has 1 aliphatic rings. The first-order valence-corrected chi connectivity index (χ1v) is 18.0. The SMILES string of the molecule is COc1ccc(C(CC2(CC(c3ccc(OC)cc3)N(C)CCc3cccc(OC)c3)CCCNC2=O)N(C)CCc2cccc(OC)c2)cc1. The highest BCUT2D eigenvalue weighted by molar-refractivity contribution is 5.83. The number of carbonyl (C=O) groups is 1. The van der Waals surface area contributed by atoms with Crippen LogP contribution in [0.5, 0.6) is 23.0 Å². The Morgan fingerprint density at radius 1 is 0.627 bits per heavy atom. The molecule has 0 aliphatic carbocycles. The zero-order valence-corrected chi connectivity index (χ0v) is 31.2. The van der Waals surface area contributed by atoms with E-state index in [4.69, 9.17) is 18.9 Å². The largest absolute Gasteiger partial charge is 0.497 e. The number of carbonyl (C=O) groups excluding carboxylic acids is 1. The second-order valence-corrected chi connectivity index (χ2v) is 13.8. The maximum absolute atomic E-state index is 14.4. The van der Waals surface area contributed by atoms with E-state index in [2.05, 4.69) is 77.7 Å². The topological polar surface area (TPSA) is 72.5 Å². The van der Waals surface area contributed by atoms with Gasteiger partial charge >= 0.3 is 0 Å². The van der Waals surface area contributed by atoms with Crippen molar-refractivity contribution in [2.24, 2.45) is 5.41 Å². The van der Waals surface area contributed by atoms with Crippen molar-refractivity contribution in [3.05, 3.63) is 119 Å². The fourth-order valence-corrected chi connectivity index (χ4v) is 7.43. The molecule has 1 aliphatic heterocycles. The van der Waals surface area contributed by atoms with Gasteiger partial charge in [0.15, 0.2) is 0 Å². The van der Waals surface area contributed by atoms with Crippen molar-refractivity contribution >= 4 is 5.91 Å². The van der Waals surface area contributed by atoms with E-state index < -0.39 is 5.41 Å². The number of methoxy groups -OCH3 is 4. The lowest BCUT2D eigenvalue weighted by Gasteiger charge is -2.44. The Balaban J connectivity index is 1.47. The molecule has 1 saturated heterocycles. The van der Waals surface area contributed by atoms with Crippen LogP contribution in [0, 0.1) is 5.41 Å². The predicted octanol–water partition coefficient (Wildman–Crippen LogP) is 7.53. The first-order valence-electron chi connectivity index (χ1n) is 18.0. The second-order valence-electron chi connectivity index (χ2n) is 13.8. The van der Waals surface area contributed by atoms with E-state index in [0.717, 1.165) is 61.8 Å². The van der Waals surface area contributed by atoms with E-state index in [0.29, 0.717) is 19.4 Å². The minimum Gasteiger partial charge on any atom is -0.497 e. The van der Waals surface area contributed by atoms with Gasteiger partial charge in [0.2, 0.25) is 5.91 Å². The highest BCUT2D eigenvalue weighted by Gasteiger charge is 2.45. The summed E-state index contributed by atoms with van der Waals surface area (Å²) in [5.74, 6) is 3.51. The first kappa shape index (κ1) is 37.7. The molecule has 2 atom stereocenters. The molecular formula is C43H55N3O5. The molecule has 1 amide bonds. The van der Waals surface area contributed by atoms with Crippen LogP contribution in [0.25, 0.3) is 0 Å². The van der Waals surface area contributed by atoms with Gasteiger partial charge in [0, 0.05) is 31.7 Å². The fourth-order valence-electron chi connectivity index (χ4n) is 7.43. The lowest BCUT2D eigenvalue weighted by atomic mass is 9.68. The second kappa shape index (κ2) is 18.1. The van der Waals surface area contributed by atoms with E-state index in [9.17, 15) is 4.79 Å². The molecule has 1 fully saturated rings. The van der Waals surface area contributed by atoms with Crippen LogP contribution in [0.4, 0.5) is 0 Å². The van der Waals surface area contributed by atoms with Gasteiger partial charge in [0.25, 0.3) is 0 Å². The third-order valence-corrected chi connectivity index (χ3v) is 10.6. The third kappa shape index (κ3) is 9.83. The normalized spacial score (nSPS) is 17.1. The van der Waals surface area contributed by atoms with Crippen LogP contribution in [0.3, 0.4) is 0 Å². The quantitative estimate of drug-likeness (QED) is 0.116. The first-order chi connectivity index (χ1) is 24.8. The highest BCUT2D eigenvalue weighted by Crippen LogP contribution is 2.47. The van der Waals surface area contributed by atoms with Crippen molar-refractivity contribution in [2.45, 2.75) is 50.6 Å². The highest BCUT2D eigenvalue weighted by atomic mass is 16.5. The van der Waals surface area contributed by atoms with Gasteiger partial charge in [0.1, 0.15) is 23.0 Å². The molecule has 0 spiro atoms. The Bertz CT molecular complexity index is 1570. The average Bonchev–Trinajstić information content (AvgIpc) is 3.18. The molecule has 1 heterocycles. The van der Waals surface area contributed by atoms with Crippen LogP contribution in [0.15, 0.2) is 97.1 Å². The van der Waals surface area contributed by atoms with Gasteiger partial charge in [-0.1, -0.05) is 48.5 Å². The molecule has 0 saturated carbocycles. The average molecular weight is 694 g/mol. The van der Waals surface area contributed by atoms with Crippen LogP contribution in [0.2, 0.25) is 0 Å². The van der Waals surface area contributed by atoms with Gasteiger partial charge in [-0.2, -0.15) is 0 Å². The van der Waals surface area contributed by atoms with Gasteiger partial charge in [-0.15, -0.1) is 0 Å². The maximum Gasteiger partial charge on any atom is 0.226 e. The summed E-state index contributed by atoms with van der Waals surface area (Å²) in [6.07, 6.45) is 4.87. The lowest BCUT2D eigenvalue weighted by Crippen LogP contribution is -2.49. The minimum atomic E-state index is -0.595. The zero-order chi connectivity index (χ0) is 36.2. The smallest absolute Gasteiger partial charge is 0.226 e. The Morgan fingerprint density at radius 3 is 1.45 bits per heavy atom. The summed E-state index contributed by atoms with van der Waals surface area (Å²) >= 11 is 0. The van der Waals surface area contributed by atoms with E-state index in [1.807, 2.05) is 48.5 Å². The number of amides is 1. The summed E-state index contributed by atoms with van der Waals surface area (Å²) in [5, 5.41) is 3.30. The Hall–Kier alpha value is -4.53. The molecule has 8 nitrogen and oxygen atoms in total. The van der Waals surface area contributed by atoms with Gasteiger partial charge in [0.05, 0.1) is 33.9 Å². The van der Waals surface area contributed by atoms with Crippen molar-refractivity contribution in [1.82, 2.24) is 15.1 Å². The molecule has 8 heteroatoms. The summed E-state index contributed by atoms with van der Waals surface area (Å²) in [6.45, 7) is 2.35. The van der Waals surface area contributed by atoms with Crippen molar-refractivity contribution < 1.29 is 23.7 Å². The summed E-state index contributed by atoms with van der Waals surface area (Å²) in [7, 11) is 11.2. The molecule has 4 aromatic carbocycles. The van der Waals surface area contributed by atoms with E-state index in [1.165, 1.54) is 22.3 Å². The molecule has 4 aromatic rings. The van der Waals surface area contributed by atoms with Crippen molar-refractivity contribution in [2.75, 3.05) is 62.2 Å². The Morgan fingerprint density at radius 2 is 1.06 bits per heavy atom. The molecule has 0 aromatic heterocycles. The van der Waals surface area contributed by atoms with Crippen LogP contribution in [-0.4, -0.2) is 77.9 Å². The van der Waals surface area contributed by atoms with Crippen molar-refractivity contribution in [3.8, 4) is 23.0 Å².